The van der Waals surface area contributed by atoms with E-state index in [0.29, 0.717) is 30.1 Å². The molecule has 0 aromatic carbocycles. The van der Waals surface area contributed by atoms with Crippen LogP contribution in [0, 0.1) is 23.7 Å². The van der Waals surface area contributed by atoms with Crippen LogP contribution in [-0.2, 0) is 4.79 Å². The van der Waals surface area contributed by atoms with Gasteiger partial charge >= 0.3 is 0 Å². The zero-order valence-corrected chi connectivity index (χ0v) is 13.5. The summed E-state index contributed by atoms with van der Waals surface area (Å²) in [7, 11) is 0. The molecule has 0 saturated carbocycles. The van der Waals surface area contributed by atoms with Crippen molar-refractivity contribution in [2.75, 3.05) is 13.1 Å². The highest BCUT2D eigenvalue weighted by atomic mass is 16.1. The first kappa shape index (κ1) is 18.4. The average Bonchev–Trinajstić information content (AvgIpc) is 2.33. The molecule has 3 nitrogen and oxygen atoms in total. The van der Waals surface area contributed by atoms with E-state index in [0.717, 1.165) is 32.4 Å². The summed E-state index contributed by atoms with van der Waals surface area (Å²) in [6.45, 7) is 12.6. The van der Waals surface area contributed by atoms with E-state index in [9.17, 15) is 4.79 Å². The van der Waals surface area contributed by atoms with E-state index in [1.807, 2.05) is 0 Å². The Hall–Kier alpha value is -0.570. The lowest BCUT2D eigenvalue weighted by Crippen LogP contribution is -2.34. The summed E-state index contributed by atoms with van der Waals surface area (Å²) in [5.74, 6) is 2.58. The number of amides is 1. The van der Waals surface area contributed by atoms with Crippen LogP contribution in [0.3, 0.4) is 0 Å². The minimum atomic E-state index is 0.196. The monoisotopic (exact) mass is 270 g/mol. The van der Waals surface area contributed by atoms with Crippen LogP contribution in [0.4, 0.5) is 0 Å². The zero-order valence-electron chi connectivity index (χ0n) is 13.5. The summed E-state index contributed by atoms with van der Waals surface area (Å²) in [5.41, 5.74) is 5.58. The predicted octanol–water partition coefficient (Wildman–Crippen LogP) is 3.19. The second-order valence-corrected chi connectivity index (χ2v) is 6.35. The van der Waals surface area contributed by atoms with Crippen molar-refractivity contribution < 1.29 is 4.79 Å². The SMILES string of the molecule is CCC(CCN)CCC(=O)NCC(C(C)C)C(C)C. The van der Waals surface area contributed by atoms with Crippen molar-refractivity contribution in [3.63, 3.8) is 0 Å². The van der Waals surface area contributed by atoms with Crippen LogP contribution in [0.15, 0.2) is 0 Å². The molecule has 1 amide bonds. The molecule has 0 aromatic heterocycles. The molecule has 0 aromatic rings. The average molecular weight is 270 g/mol. The summed E-state index contributed by atoms with van der Waals surface area (Å²) < 4.78 is 0. The molecule has 0 saturated heterocycles. The second-order valence-electron chi connectivity index (χ2n) is 6.35. The van der Waals surface area contributed by atoms with Gasteiger partial charge in [0, 0.05) is 13.0 Å². The van der Waals surface area contributed by atoms with Gasteiger partial charge in [0.25, 0.3) is 0 Å². The maximum Gasteiger partial charge on any atom is 0.220 e. The fourth-order valence-corrected chi connectivity index (χ4v) is 2.68. The standard InChI is InChI=1S/C16H34N2O/c1-6-14(9-10-17)7-8-16(19)18-11-15(12(2)3)13(4)5/h12-15H,6-11,17H2,1-5H3,(H,18,19). The van der Waals surface area contributed by atoms with Crippen LogP contribution in [0.5, 0.6) is 0 Å². The molecule has 0 bridgehead atoms. The summed E-state index contributed by atoms with van der Waals surface area (Å²) in [4.78, 5) is 11.9. The van der Waals surface area contributed by atoms with E-state index in [4.69, 9.17) is 5.73 Å². The number of nitrogens with two attached hydrogens (primary N) is 1. The molecular weight excluding hydrogens is 236 g/mol. The summed E-state index contributed by atoms with van der Waals surface area (Å²) >= 11 is 0. The zero-order chi connectivity index (χ0) is 14.8. The molecule has 0 radical (unpaired) electrons. The molecule has 3 heteroatoms. The topological polar surface area (TPSA) is 55.1 Å². The summed E-state index contributed by atoms with van der Waals surface area (Å²) in [5, 5.41) is 3.10. The van der Waals surface area contributed by atoms with Gasteiger partial charge in [-0.05, 0) is 43.1 Å². The molecule has 0 fully saturated rings. The van der Waals surface area contributed by atoms with Crippen LogP contribution in [0.25, 0.3) is 0 Å². The van der Waals surface area contributed by atoms with E-state index >= 15 is 0 Å². The molecule has 1 unspecified atom stereocenters. The van der Waals surface area contributed by atoms with Crippen molar-refractivity contribution in [1.29, 1.82) is 0 Å². The molecule has 0 heterocycles. The second kappa shape index (κ2) is 10.2. The Morgan fingerprint density at radius 1 is 1.11 bits per heavy atom. The maximum absolute atomic E-state index is 11.9. The Morgan fingerprint density at radius 3 is 2.11 bits per heavy atom. The Labute approximate surface area is 119 Å². The molecule has 0 aliphatic heterocycles. The molecule has 0 aliphatic rings. The quantitative estimate of drug-likeness (QED) is 0.640. The lowest BCUT2D eigenvalue weighted by molar-refractivity contribution is -0.121. The van der Waals surface area contributed by atoms with Gasteiger partial charge in [0.15, 0.2) is 0 Å². The number of nitrogens with one attached hydrogen (secondary N) is 1. The highest BCUT2D eigenvalue weighted by Gasteiger charge is 2.18. The number of carbonyl (C=O) groups excluding carboxylic acids is 1. The summed E-state index contributed by atoms with van der Waals surface area (Å²) in [6.07, 6.45) is 3.75. The minimum absolute atomic E-state index is 0.196. The van der Waals surface area contributed by atoms with E-state index in [1.54, 1.807) is 0 Å². The van der Waals surface area contributed by atoms with Crippen LogP contribution >= 0.6 is 0 Å². The van der Waals surface area contributed by atoms with Gasteiger partial charge in [-0.15, -0.1) is 0 Å². The Kier molecular flexibility index (Phi) is 9.94. The van der Waals surface area contributed by atoms with Gasteiger partial charge in [-0.25, -0.2) is 0 Å². The molecule has 1 atom stereocenters. The molecule has 114 valence electrons. The molecule has 0 aliphatic carbocycles. The van der Waals surface area contributed by atoms with Crippen LogP contribution < -0.4 is 11.1 Å². The van der Waals surface area contributed by atoms with Crippen LogP contribution in [-0.4, -0.2) is 19.0 Å². The normalized spacial score (nSPS) is 13.3. The Bertz CT molecular complexity index is 231. The van der Waals surface area contributed by atoms with E-state index in [2.05, 4.69) is 39.9 Å². The lowest BCUT2D eigenvalue weighted by Gasteiger charge is -2.25. The van der Waals surface area contributed by atoms with E-state index in [-0.39, 0.29) is 5.91 Å². The van der Waals surface area contributed by atoms with Gasteiger partial charge in [0.2, 0.25) is 5.91 Å². The van der Waals surface area contributed by atoms with Gasteiger partial charge < -0.3 is 11.1 Å². The van der Waals surface area contributed by atoms with Crippen molar-refractivity contribution in [3.8, 4) is 0 Å². The van der Waals surface area contributed by atoms with E-state index in [1.165, 1.54) is 0 Å². The van der Waals surface area contributed by atoms with Gasteiger partial charge in [-0.3, -0.25) is 4.79 Å². The molecule has 0 rings (SSSR count). The number of rotatable bonds is 10. The number of hydrogen-bond donors (Lipinski definition) is 2. The maximum atomic E-state index is 11.9. The molecule has 19 heavy (non-hydrogen) atoms. The van der Waals surface area contributed by atoms with Gasteiger partial charge in [-0.1, -0.05) is 41.0 Å². The highest BCUT2D eigenvalue weighted by Crippen LogP contribution is 2.19. The summed E-state index contributed by atoms with van der Waals surface area (Å²) in [6, 6.07) is 0. The van der Waals surface area contributed by atoms with Gasteiger partial charge in [-0.2, -0.15) is 0 Å². The van der Waals surface area contributed by atoms with Gasteiger partial charge in [0.05, 0.1) is 0 Å². The van der Waals surface area contributed by atoms with Crippen molar-refractivity contribution in [1.82, 2.24) is 5.32 Å². The van der Waals surface area contributed by atoms with Gasteiger partial charge in [0.1, 0.15) is 0 Å². The molecule has 3 N–H and O–H groups in total. The highest BCUT2D eigenvalue weighted by molar-refractivity contribution is 5.75. The van der Waals surface area contributed by atoms with Crippen LogP contribution in [0.2, 0.25) is 0 Å². The van der Waals surface area contributed by atoms with Crippen molar-refractivity contribution >= 4 is 5.91 Å². The minimum Gasteiger partial charge on any atom is -0.356 e. The molecule has 0 spiro atoms. The Balaban J connectivity index is 3.97. The van der Waals surface area contributed by atoms with Crippen molar-refractivity contribution in [2.24, 2.45) is 29.4 Å². The third-order valence-corrected chi connectivity index (χ3v) is 4.18. The van der Waals surface area contributed by atoms with Crippen LogP contribution in [0.1, 0.15) is 60.3 Å². The Morgan fingerprint density at radius 2 is 1.68 bits per heavy atom. The largest absolute Gasteiger partial charge is 0.356 e. The first-order chi connectivity index (χ1) is 8.92. The fraction of sp³-hybridized carbons (Fsp3) is 0.938. The number of carbonyl (C=O) groups is 1. The third-order valence-electron chi connectivity index (χ3n) is 4.18. The lowest BCUT2D eigenvalue weighted by atomic mass is 9.85. The number of hydrogen-bond acceptors (Lipinski definition) is 2. The fourth-order valence-electron chi connectivity index (χ4n) is 2.68. The third kappa shape index (κ3) is 8.25. The molecular formula is C16H34N2O. The smallest absolute Gasteiger partial charge is 0.220 e. The first-order valence-electron chi connectivity index (χ1n) is 7.89. The van der Waals surface area contributed by atoms with E-state index < -0.39 is 0 Å². The predicted molar refractivity (Wildman–Crippen MR) is 82.9 cm³/mol. The first-order valence-corrected chi connectivity index (χ1v) is 7.89. The van der Waals surface area contributed by atoms with Crippen molar-refractivity contribution in [2.45, 2.75) is 60.3 Å². The van der Waals surface area contributed by atoms with Crippen molar-refractivity contribution in [3.05, 3.63) is 0 Å².